The molecule has 0 unspecified atom stereocenters. The van der Waals surface area contributed by atoms with Gasteiger partial charge in [-0.3, -0.25) is 9.69 Å². The minimum atomic E-state index is -0.260. The summed E-state index contributed by atoms with van der Waals surface area (Å²) in [6.07, 6.45) is 3.93. The highest BCUT2D eigenvalue weighted by atomic mass is 16.3. The average Bonchev–Trinajstić information content (AvgIpc) is 3.28. The van der Waals surface area contributed by atoms with Crippen molar-refractivity contribution in [3.63, 3.8) is 0 Å². The fourth-order valence-corrected chi connectivity index (χ4v) is 2.89. The third-order valence-electron chi connectivity index (χ3n) is 4.38. The maximum atomic E-state index is 11.7. The van der Waals surface area contributed by atoms with E-state index in [1.54, 1.807) is 12.3 Å². The zero-order valence-electron chi connectivity index (χ0n) is 12.1. The molecule has 1 aromatic rings. The predicted octanol–water partition coefficient (Wildman–Crippen LogP) is 1.03. The van der Waals surface area contributed by atoms with Crippen molar-refractivity contribution in [3.8, 4) is 5.75 Å². The molecule has 1 N–H and O–H groups in total. The van der Waals surface area contributed by atoms with Crippen LogP contribution in [0.15, 0.2) is 17.1 Å². The van der Waals surface area contributed by atoms with Gasteiger partial charge in [-0.15, -0.1) is 0 Å². The van der Waals surface area contributed by atoms with Gasteiger partial charge in [-0.25, -0.2) is 0 Å². The summed E-state index contributed by atoms with van der Waals surface area (Å²) in [4.78, 5) is 16.5. The Balaban J connectivity index is 1.74. The van der Waals surface area contributed by atoms with Gasteiger partial charge in [0.05, 0.1) is 6.20 Å². The fraction of sp³-hybridized carbons (Fsp3) is 0.667. The standard InChI is InChI=1S/C15H23N3O2/c1-2-16-5-7-17(8-6-16)10-13-9-14(19)15(20)11-18(13)12-3-4-12/h9,11-12,20H,2-8,10H2,1H3. The van der Waals surface area contributed by atoms with Gasteiger partial charge in [0, 0.05) is 50.5 Å². The van der Waals surface area contributed by atoms with E-state index in [1.165, 1.54) is 0 Å². The van der Waals surface area contributed by atoms with Crippen LogP contribution in [0.5, 0.6) is 5.75 Å². The lowest BCUT2D eigenvalue weighted by Crippen LogP contribution is -2.46. The van der Waals surface area contributed by atoms with Crippen LogP contribution in [0.1, 0.15) is 31.5 Å². The molecule has 5 heteroatoms. The average molecular weight is 277 g/mol. The minimum Gasteiger partial charge on any atom is -0.503 e. The lowest BCUT2D eigenvalue weighted by molar-refractivity contribution is 0.129. The van der Waals surface area contributed by atoms with E-state index >= 15 is 0 Å². The first kappa shape index (κ1) is 13.6. The summed E-state index contributed by atoms with van der Waals surface area (Å²) in [5.41, 5.74) is 0.782. The Morgan fingerprint density at radius 2 is 1.85 bits per heavy atom. The molecule has 0 spiro atoms. The Kier molecular flexibility index (Phi) is 3.81. The van der Waals surface area contributed by atoms with Gasteiger partial charge < -0.3 is 14.6 Å². The molecule has 2 heterocycles. The molecule has 0 radical (unpaired) electrons. The number of likely N-dealkylation sites (N-methyl/N-ethyl adjacent to an activating group) is 1. The smallest absolute Gasteiger partial charge is 0.223 e. The predicted molar refractivity (Wildman–Crippen MR) is 78.0 cm³/mol. The summed E-state index contributed by atoms with van der Waals surface area (Å²) in [6.45, 7) is 8.41. The topological polar surface area (TPSA) is 48.7 Å². The first-order valence-corrected chi connectivity index (χ1v) is 7.56. The van der Waals surface area contributed by atoms with E-state index < -0.39 is 0 Å². The first-order valence-electron chi connectivity index (χ1n) is 7.56. The molecule has 0 bridgehead atoms. The molecular formula is C15H23N3O2. The van der Waals surface area contributed by atoms with Gasteiger partial charge in [0.25, 0.3) is 0 Å². The molecule has 5 nitrogen and oxygen atoms in total. The molecular weight excluding hydrogens is 254 g/mol. The van der Waals surface area contributed by atoms with E-state index in [4.69, 9.17) is 0 Å². The van der Waals surface area contributed by atoms with E-state index in [2.05, 4.69) is 21.3 Å². The van der Waals surface area contributed by atoms with Crippen molar-refractivity contribution >= 4 is 0 Å². The summed E-state index contributed by atoms with van der Waals surface area (Å²) in [6, 6.07) is 2.09. The second kappa shape index (κ2) is 5.58. The van der Waals surface area contributed by atoms with Gasteiger partial charge in [0.2, 0.25) is 5.43 Å². The highest BCUT2D eigenvalue weighted by molar-refractivity contribution is 5.22. The van der Waals surface area contributed by atoms with Crippen molar-refractivity contribution in [2.24, 2.45) is 0 Å². The minimum absolute atomic E-state index is 0.128. The van der Waals surface area contributed by atoms with E-state index in [9.17, 15) is 9.90 Å². The summed E-state index contributed by atoms with van der Waals surface area (Å²) in [5, 5.41) is 9.62. The van der Waals surface area contributed by atoms with Crippen LogP contribution in [0.25, 0.3) is 0 Å². The van der Waals surface area contributed by atoms with Gasteiger partial charge in [-0.1, -0.05) is 6.92 Å². The number of hydrogen-bond donors (Lipinski definition) is 1. The Bertz CT molecular complexity index is 528. The van der Waals surface area contributed by atoms with Crippen LogP contribution in [0.3, 0.4) is 0 Å². The summed E-state index contributed by atoms with van der Waals surface area (Å²) in [5.74, 6) is -0.128. The van der Waals surface area contributed by atoms with Gasteiger partial charge in [0.1, 0.15) is 0 Å². The highest BCUT2D eigenvalue weighted by Gasteiger charge is 2.26. The van der Waals surface area contributed by atoms with Crippen molar-refractivity contribution in [1.29, 1.82) is 0 Å². The molecule has 0 atom stereocenters. The van der Waals surface area contributed by atoms with Crippen molar-refractivity contribution in [2.45, 2.75) is 32.4 Å². The van der Waals surface area contributed by atoms with Crippen LogP contribution < -0.4 is 5.43 Å². The van der Waals surface area contributed by atoms with Crippen molar-refractivity contribution in [1.82, 2.24) is 14.4 Å². The Hall–Kier alpha value is -1.33. The molecule has 1 aliphatic heterocycles. The van der Waals surface area contributed by atoms with Crippen LogP contribution >= 0.6 is 0 Å². The molecule has 3 rings (SSSR count). The molecule has 110 valence electrons. The number of rotatable bonds is 4. The molecule has 2 aliphatic rings. The molecule has 1 aromatic heterocycles. The monoisotopic (exact) mass is 277 g/mol. The summed E-state index contributed by atoms with van der Waals surface area (Å²) < 4.78 is 2.10. The largest absolute Gasteiger partial charge is 0.503 e. The van der Waals surface area contributed by atoms with Crippen LogP contribution in [-0.4, -0.2) is 52.2 Å². The Labute approximate surface area is 119 Å². The van der Waals surface area contributed by atoms with Crippen LogP contribution in [-0.2, 0) is 6.54 Å². The maximum absolute atomic E-state index is 11.7. The quantitative estimate of drug-likeness (QED) is 0.893. The van der Waals surface area contributed by atoms with E-state index in [0.717, 1.165) is 57.8 Å². The highest BCUT2D eigenvalue weighted by Crippen LogP contribution is 2.36. The third kappa shape index (κ3) is 2.88. The van der Waals surface area contributed by atoms with Crippen molar-refractivity contribution < 1.29 is 5.11 Å². The third-order valence-corrected chi connectivity index (χ3v) is 4.38. The van der Waals surface area contributed by atoms with Crippen molar-refractivity contribution in [2.75, 3.05) is 32.7 Å². The molecule has 20 heavy (non-hydrogen) atoms. The molecule has 0 aromatic carbocycles. The SMILES string of the molecule is CCN1CCN(Cc2cc(=O)c(O)cn2C2CC2)CC1. The van der Waals surface area contributed by atoms with E-state index in [0.29, 0.717) is 6.04 Å². The number of pyridine rings is 1. The zero-order chi connectivity index (χ0) is 14.1. The second-order valence-electron chi connectivity index (χ2n) is 5.86. The van der Waals surface area contributed by atoms with Gasteiger partial charge in [0.15, 0.2) is 5.75 Å². The molecule has 1 saturated carbocycles. The second-order valence-corrected chi connectivity index (χ2v) is 5.86. The Morgan fingerprint density at radius 1 is 1.20 bits per heavy atom. The number of hydrogen-bond acceptors (Lipinski definition) is 4. The molecule has 2 fully saturated rings. The summed E-state index contributed by atoms with van der Waals surface area (Å²) >= 11 is 0. The van der Waals surface area contributed by atoms with Gasteiger partial charge in [-0.2, -0.15) is 0 Å². The first-order chi connectivity index (χ1) is 9.67. The lowest BCUT2D eigenvalue weighted by atomic mass is 10.2. The van der Waals surface area contributed by atoms with Gasteiger partial charge in [-0.05, 0) is 19.4 Å². The lowest BCUT2D eigenvalue weighted by Gasteiger charge is -2.34. The van der Waals surface area contributed by atoms with Gasteiger partial charge >= 0.3 is 0 Å². The summed E-state index contributed by atoms with van der Waals surface area (Å²) in [7, 11) is 0. The number of aromatic hydroxyl groups is 1. The number of aromatic nitrogens is 1. The molecule has 1 aliphatic carbocycles. The maximum Gasteiger partial charge on any atom is 0.223 e. The number of nitrogens with zero attached hydrogens (tertiary/aromatic N) is 3. The normalized spacial score (nSPS) is 21.2. The zero-order valence-corrected chi connectivity index (χ0v) is 12.1. The van der Waals surface area contributed by atoms with E-state index in [1.807, 2.05) is 0 Å². The fourth-order valence-electron chi connectivity index (χ4n) is 2.89. The number of piperazine rings is 1. The Morgan fingerprint density at radius 3 is 2.45 bits per heavy atom. The molecule has 1 saturated heterocycles. The van der Waals surface area contributed by atoms with Crippen molar-refractivity contribution in [3.05, 3.63) is 28.2 Å². The van der Waals surface area contributed by atoms with Crippen LogP contribution in [0.2, 0.25) is 0 Å². The van der Waals surface area contributed by atoms with Crippen LogP contribution in [0.4, 0.5) is 0 Å². The molecule has 0 amide bonds. The van der Waals surface area contributed by atoms with E-state index in [-0.39, 0.29) is 11.2 Å². The van der Waals surface area contributed by atoms with Crippen LogP contribution in [0, 0.1) is 0 Å².